The van der Waals surface area contributed by atoms with Gasteiger partial charge in [-0.05, 0) is 294 Å². The molecule has 0 aromatic heterocycles. The molecule has 6 atom stereocenters. The van der Waals surface area contributed by atoms with E-state index in [0.29, 0.717) is 85.1 Å². The number of carboxylic acid groups (broad SMARTS) is 1. The summed E-state index contributed by atoms with van der Waals surface area (Å²) in [6.07, 6.45) is 2.82. The largest absolute Gasteiger partial charge is 0.478 e. The Hall–Kier alpha value is -11.2. The molecule has 716 valence electrons. The number of benzene rings is 3. The third-order valence-corrected chi connectivity index (χ3v) is 16.7. The van der Waals surface area contributed by atoms with Crippen LogP contribution in [0.25, 0.3) is 20.9 Å². The minimum atomic E-state index is -1.29. The number of azide groups is 2. The maximum Gasteiger partial charge on any atom is 0.407 e. The maximum atomic E-state index is 12.8. The molecule has 0 fully saturated rings. The number of nitrogens with one attached hydrogen (secondary N) is 5. The normalized spacial score (nSPS) is 12.5. The van der Waals surface area contributed by atoms with Gasteiger partial charge >= 0.3 is 53.9 Å². The summed E-state index contributed by atoms with van der Waals surface area (Å²) in [5, 5.41) is 68.3. The van der Waals surface area contributed by atoms with Gasteiger partial charge in [0.1, 0.15) is 76.5 Å². The molecule has 3 aromatic rings. The van der Waals surface area contributed by atoms with Crippen molar-refractivity contribution in [2.24, 2.45) is 16.0 Å². The Bertz CT molecular complexity index is 4130. The molecule has 0 unspecified atom stereocenters. The second kappa shape index (κ2) is 59.7. The Balaban J connectivity index is 0. The number of aliphatic hydroxyl groups excluding tert-OH is 1. The molecule has 3 aromatic carbocycles. The van der Waals surface area contributed by atoms with Crippen molar-refractivity contribution in [3.8, 4) is 0 Å². The molecule has 42 heteroatoms. The van der Waals surface area contributed by atoms with Crippen LogP contribution in [-0.2, 0) is 82.9 Å². The molecule has 0 aliphatic carbocycles. The van der Waals surface area contributed by atoms with E-state index in [9.17, 15) is 78.0 Å². The van der Waals surface area contributed by atoms with E-state index in [0.717, 1.165) is 12.7 Å². The molecule has 0 bridgehead atoms. The molecule has 40 nitrogen and oxygen atoms in total. The van der Waals surface area contributed by atoms with Crippen molar-refractivity contribution in [3.05, 3.63) is 116 Å². The lowest BCUT2D eigenvalue weighted by atomic mass is 10.1. The van der Waals surface area contributed by atoms with Crippen LogP contribution in [0.3, 0.4) is 0 Å². The first-order valence-electron chi connectivity index (χ1n) is 41.3. The number of aromatic carboxylic acids is 1. The fourth-order valence-electron chi connectivity index (χ4n) is 10.5. The highest BCUT2D eigenvalue weighted by Crippen LogP contribution is 2.22. The summed E-state index contributed by atoms with van der Waals surface area (Å²) in [7, 11) is 1.00. The van der Waals surface area contributed by atoms with Crippen LogP contribution in [-0.4, -0.2) is 225 Å². The lowest BCUT2D eigenvalue weighted by Gasteiger charge is -2.30. The number of carbonyl (C=O) groups excluding carboxylic acids is 12. The molecule has 128 heavy (non-hydrogen) atoms. The Kier molecular flexibility index (Phi) is 55.5. The third-order valence-electron chi connectivity index (χ3n) is 16.1. The van der Waals surface area contributed by atoms with Crippen molar-refractivity contribution in [3.63, 3.8) is 0 Å². The number of Topliss-reactive ketones (excluding diaryl/α,β-unsaturated/α-hetero) is 3. The zero-order chi connectivity index (χ0) is 98.7. The van der Waals surface area contributed by atoms with Gasteiger partial charge in [0.05, 0.1) is 5.56 Å². The summed E-state index contributed by atoms with van der Waals surface area (Å²) in [5.41, 5.74) is 19.7. The standard InChI is InChI=1S/C29H45N3O8S.C28H42N6O8.C21H39N3O6S.C7H5N3O2.CH4O/c1-20(33)23(15-11-12-18-30-27(36)38-19-21-13-9-8-10-14-21)32(37)26(41)31-22(25(35)40-29(5,6)7)16-17-24(34)39-28(2,3)4;1-18(35)22(10-8-9-17-30-24(37)19-11-13-20(14-12-19)32-33-29)34(40)26(39)31-21(25(38)42-28(5,6)7)15-16-23(36)41-27(2,3)4;1-14(25)16(10-8-9-13-22)24(28)19(31)23-15(18(27)30-21(5,6)7)11-12-17(26)29-20(2,3)4;8-10-9-6-3-1-5(2-4-6)7(11)12;1-2/h8-10,13-14,22-23,37H,11-12,15-19H2,1-7H3,(H,30,36)(H,31,41);11-14,21-22,40H,8-10,15-17H2,1-7H3,(H,30,37)(H,31,39);15-16,28H,8-13,22H2,1-7H3,(H,23,31);1-4H,(H,11,12);2H,1H3/t22-,23-;21-,22-;15-,16-;;/m000../s1. The van der Waals surface area contributed by atoms with Gasteiger partial charge in [-0.3, -0.25) is 49.2 Å². The smallest absolute Gasteiger partial charge is 0.407 e. The Morgan fingerprint density at radius 3 is 1.05 bits per heavy atom. The van der Waals surface area contributed by atoms with Gasteiger partial charge in [0.2, 0.25) is 0 Å². The van der Waals surface area contributed by atoms with Gasteiger partial charge in [0, 0.05) is 66.2 Å². The predicted molar refractivity (Wildman–Crippen MR) is 482 cm³/mol. The number of amides is 4. The van der Waals surface area contributed by atoms with E-state index in [1.165, 1.54) is 69.3 Å². The van der Waals surface area contributed by atoms with E-state index in [4.69, 9.17) is 84.6 Å². The number of ketones is 3. The van der Waals surface area contributed by atoms with Gasteiger partial charge in [-0.15, -0.1) is 0 Å². The molecule has 12 N–H and O–H groups in total. The first kappa shape index (κ1) is 119. The van der Waals surface area contributed by atoms with Crippen LogP contribution in [0.15, 0.2) is 89.1 Å². The van der Waals surface area contributed by atoms with Gasteiger partial charge in [-0.2, -0.15) is 5.06 Å². The number of carbonyl (C=O) groups is 13. The summed E-state index contributed by atoms with van der Waals surface area (Å²) >= 11 is 10.5. The Morgan fingerprint density at radius 1 is 0.430 bits per heavy atom. The molecule has 0 aliphatic rings. The molecule has 0 saturated heterocycles. The number of hydroxylamine groups is 6. The highest BCUT2D eigenvalue weighted by Gasteiger charge is 2.36. The first-order valence-corrected chi connectivity index (χ1v) is 42.2. The summed E-state index contributed by atoms with van der Waals surface area (Å²) in [6, 6.07) is 13.5. The van der Waals surface area contributed by atoms with Crippen LogP contribution in [0.5, 0.6) is 0 Å². The lowest BCUT2D eigenvalue weighted by Crippen LogP contribution is -2.52. The second-order valence-electron chi connectivity index (χ2n) is 34.7. The number of alkyl carbamates (subject to hydrolysis) is 1. The number of ether oxygens (including phenoxy) is 7. The quantitative estimate of drug-likeness (QED) is 0.00289. The average molecular weight is 1840 g/mol. The first-order chi connectivity index (χ1) is 59.2. The van der Waals surface area contributed by atoms with Crippen LogP contribution < -0.4 is 32.3 Å². The highest BCUT2D eigenvalue weighted by atomic mass is 32.1. The lowest BCUT2D eigenvalue weighted by molar-refractivity contribution is -0.161. The number of nitrogens with two attached hydrogens (primary N) is 1. The van der Waals surface area contributed by atoms with Crippen molar-refractivity contribution in [1.82, 2.24) is 41.8 Å². The minimum absolute atomic E-state index is 0.00537. The molecule has 3 rings (SSSR count). The Labute approximate surface area is 759 Å². The minimum Gasteiger partial charge on any atom is -0.478 e. The number of hydrogen-bond acceptors (Lipinski definition) is 29. The number of aliphatic hydroxyl groups is 1. The number of nitrogens with zero attached hydrogens (tertiary/aromatic N) is 9. The number of unbranched alkanes of at least 4 members (excludes halogenated alkanes) is 3. The predicted octanol–water partition coefficient (Wildman–Crippen LogP) is 13.6. The average Bonchev–Trinajstić information content (AvgIpc) is 0.860. The van der Waals surface area contributed by atoms with E-state index in [1.807, 2.05) is 30.3 Å². The fourth-order valence-corrected chi connectivity index (χ4v) is 11.1. The van der Waals surface area contributed by atoms with Crippen LogP contribution in [0.1, 0.15) is 268 Å². The fraction of sp³-hybridized carbons (Fsp3) is 0.616. The van der Waals surface area contributed by atoms with E-state index >= 15 is 0 Å². The molecular weight excluding hydrogens is 1710 g/mol. The number of thiocarbonyl (C=S) groups is 2. The summed E-state index contributed by atoms with van der Waals surface area (Å²) in [4.78, 5) is 164. The molecule has 4 amide bonds. The van der Waals surface area contributed by atoms with Crippen molar-refractivity contribution in [2.45, 2.75) is 318 Å². The van der Waals surface area contributed by atoms with Crippen LogP contribution in [0.4, 0.5) is 21.0 Å². The van der Waals surface area contributed by atoms with E-state index in [1.54, 1.807) is 125 Å². The monoisotopic (exact) mass is 1840 g/mol. The molecule has 0 saturated carbocycles. The van der Waals surface area contributed by atoms with Crippen molar-refractivity contribution < 1.29 is 121 Å². The number of carboxylic acids is 1. The number of urea groups is 1. The topological polar surface area (TPSA) is 581 Å². The van der Waals surface area contributed by atoms with Crippen molar-refractivity contribution in [1.29, 1.82) is 0 Å². The maximum absolute atomic E-state index is 12.8. The summed E-state index contributed by atoms with van der Waals surface area (Å²) in [5.74, 6) is -6.09. The van der Waals surface area contributed by atoms with Crippen LogP contribution in [0, 0.1) is 0 Å². The van der Waals surface area contributed by atoms with Gasteiger partial charge in [-0.25, -0.2) is 38.9 Å². The van der Waals surface area contributed by atoms with Gasteiger partial charge in [0.25, 0.3) is 5.91 Å². The van der Waals surface area contributed by atoms with E-state index in [2.05, 4.69) is 46.6 Å². The number of rotatable bonds is 41. The Morgan fingerprint density at radius 2 is 0.742 bits per heavy atom. The number of hydrogen-bond donors (Lipinski definition) is 11. The zero-order valence-electron chi connectivity index (χ0n) is 77.7. The molecule has 0 heterocycles. The highest BCUT2D eigenvalue weighted by molar-refractivity contribution is 7.80. The molecule has 0 spiro atoms. The van der Waals surface area contributed by atoms with E-state index < -0.39 is 130 Å². The van der Waals surface area contributed by atoms with Crippen LogP contribution in [0.2, 0.25) is 0 Å². The van der Waals surface area contributed by atoms with Crippen LogP contribution >= 0.6 is 24.4 Å². The third kappa shape index (κ3) is 56.8. The van der Waals surface area contributed by atoms with Crippen molar-refractivity contribution in [2.75, 3.05) is 26.7 Å². The molecule has 0 radical (unpaired) electrons. The SMILES string of the molecule is CC(=O)[C@H](CCCCN)N(O)C(=S)N[C@@H](CCC(=O)OC(C)(C)C)C(=O)OC(C)(C)C.CC(=O)[C@H](CCCCNC(=O)OCc1ccccc1)N(O)C(=S)N[C@@H](CCC(=O)OC(C)(C)C)C(=O)OC(C)(C)C.CC(=O)[C@H](CCCCNC(=O)c1ccc(N=[N+]=[N-])cc1)N(O)C(=O)N[C@@H](CCC(=O)OC(C)(C)C)C(=O)OC(C)(C)C.CO.[N-]=[N+]=Nc1ccc(C(=O)O)cc1. The van der Waals surface area contributed by atoms with Gasteiger partial charge < -0.3 is 75.7 Å². The zero-order valence-corrected chi connectivity index (χ0v) is 79.4. The van der Waals surface area contributed by atoms with Gasteiger partial charge in [-0.1, -0.05) is 64.8 Å². The van der Waals surface area contributed by atoms with Gasteiger partial charge in [0.15, 0.2) is 27.6 Å². The second-order valence-corrected chi connectivity index (χ2v) is 35.5. The van der Waals surface area contributed by atoms with E-state index in [-0.39, 0.29) is 103 Å². The summed E-state index contributed by atoms with van der Waals surface area (Å²) in [6.45, 7) is 35.9. The van der Waals surface area contributed by atoms with Crippen molar-refractivity contribution >= 4 is 123 Å². The summed E-state index contributed by atoms with van der Waals surface area (Å²) < 4.78 is 37.2. The molecular formula is C86H135N15O25S2. The number of esters is 6. The molecule has 0 aliphatic heterocycles.